The van der Waals surface area contributed by atoms with Gasteiger partial charge in [-0.2, -0.15) is 9.57 Å². The van der Waals surface area contributed by atoms with E-state index in [9.17, 15) is 23.3 Å². The predicted molar refractivity (Wildman–Crippen MR) is 105 cm³/mol. The average molecular weight is 416 g/mol. The monoisotopic (exact) mass is 416 g/mol. The number of amides is 1. The third-order valence-corrected chi connectivity index (χ3v) is 6.45. The van der Waals surface area contributed by atoms with E-state index in [2.05, 4.69) is 0 Å². The smallest absolute Gasteiger partial charge is 0.269 e. The number of nitrogens with zero attached hydrogens (tertiary/aromatic N) is 4. The molecule has 0 N–H and O–H groups in total. The Morgan fingerprint density at radius 2 is 1.86 bits per heavy atom. The van der Waals surface area contributed by atoms with E-state index in [1.807, 2.05) is 6.07 Å². The molecule has 0 aliphatic carbocycles. The van der Waals surface area contributed by atoms with Gasteiger partial charge in [-0.1, -0.05) is 24.3 Å². The van der Waals surface area contributed by atoms with E-state index < -0.39 is 33.4 Å². The van der Waals surface area contributed by atoms with Crippen LogP contribution in [0.4, 0.5) is 5.69 Å². The molecule has 0 radical (unpaired) electrons. The molecule has 10 heteroatoms. The standard InChI is InChI=1S/C19H20N4O5S/c1-14(15-8-6-9-17(11-15)23(25)26)22(3)19(24)13-21(2)29(27,28)18-10-5-4-7-16(18)12-20/h4-11,14H,13H2,1-3H3. The first-order valence-corrected chi connectivity index (χ1v) is 9.99. The first kappa shape index (κ1) is 22.0. The van der Waals surface area contributed by atoms with Crippen molar-refractivity contribution in [3.05, 3.63) is 69.8 Å². The van der Waals surface area contributed by atoms with Crippen molar-refractivity contribution in [3.63, 3.8) is 0 Å². The van der Waals surface area contributed by atoms with Crippen LogP contribution in [0, 0.1) is 21.4 Å². The zero-order valence-electron chi connectivity index (χ0n) is 16.1. The van der Waals surface area contributed by atoms with Gasteiger partial charge in [0.2, 0.25) is 15.9 Å². The Bertz CT molecular complexity index is 1080. The minimum Gasteiger partial charge on any atom is -0.338 e. The van der Waals surface area contributed by atoms with Gasteiger partial charge in [-0.3, -0.25) is 14.9 Å². The van der Waals surface area contributed by atoms with Gasteiger partial charge in [-0.05, 0) is 24.6 Å². The average Bonchev–Trinajstić information content (AvgIpc) is 2.72. The van der Waals surface area contributed by atoms with Crippen LogP contribution in [0.5, 0.6) is 0 Å². The molecule has 0 heterocycles. The molecule has 0 saturated heterocycles. The first-order valence-electron chi connectivity index (χ1n) is 8.55. The molecule has 0 aromatic heterocycles. The Labute approximate surface area is 169 Å². The minimum absolute atomic E-state index is 0.00915. The summed E-state index contributed by atoms with van der Waals surface area (Å²) >= 11 is 0. The van der Waals surface area contributed by atoms with Gasteiger partial charge < -0.3 is 4.90 Å². The highest BCUT2D eigenvalue weighted by molar-refractivity contribution is 7.89. The van der Waals surface area contributed by atoms with Crippen molar-refractivity contribution in [3.8, 4) is 6.07 Å². The van der Waals surface area contributed by atoms with Crippen LogP contribution >= 0.6 is 0 Å². The van der Waals surface area contributed by atoms with Crippen LogP contribution in [0.25, 0.3) is 0 Å². The van der Waals surface area contributed by atoms with Crippen LogP contribution < -0.4 is 0 Å². The summed E-state index contributed by atoms with van der Waals surface area (Å²) in [5, 5.41) is 20.1. The zero-order valence-corrected chi connectivity index (χ0v) is 17.0. The van der Waals surface area contributed by atoms with Gasteiger partial charge in [0.1, 0.15) is 6.07 Å². The van der Waals surface area contributed by atoms with Crippen LogP contribution in [0.15, 0.2) is 53.4 Å². The molecule has 1 unspecified atom stereocenters. The SMILES string of the molecule is CC(c1cccc([N+](=O)[O-])c1)N(C)C(=O)CN(C)S(=O)(=O)c1ccccc1C#N. The molecule has 1 atom stereocenters. The van der Waals surface area contributed by atoms with Crippen LogP contribution in [0.2, 0.25) is 0 Å². The largest absolute Gasteiger partial charge is 0.338 e. The zero-order chi connectivity index (χ0) is 21.8. The minimum atomic E-state index is -4.04. The lowest BCUT2D eigenvalue weighted by Crippen LogP contribution is -2.40. The summed E-state index contributed by atoms with van der Waals surface area (Å²) < 4.78 is 26.4. The highest BCUT2D eigenvalue weighted by Gasteiger charge is 2.28. The maximum Gasteiger partial charge on any atom is 0.269 e. The summed E-state index contributed by atoms with van der Waals surface area (Å²) in [5.41, 5.74) is 0.448. The third-order valence-electron chi connectivity index (χ3n) is 4.59. The topological polar surface area (TPSA) is 125 Å². The number of likely N-dealkylation sites (N-methyl/N-ethyl adjacent to an activating group) is 2. The van der Waals surface area contributed by atoms with Crippen LogP contribution in [0.1, 0.15) is 24.1 Å². The fourth-order valence-electron chi connectivity index (χ4n) is 2.68. The van der Waals surface area contributed by atoms with Crippen molar-refractivity contribution in [2.45, 2.75) is 17.9 Å². The number of hydrogen-bond donors (Lipinski definition) is 0. The highest BCUT2D eigenvalue weighted by atomic mass is 32.2. The van der Waals surface area contributed by atoms with E-state index in [1.165, 1.54) is 55.4 Å². The Morgan fingerprint density at radius 1 is 1.21 bits per heavy atom. The van der Waals surface area contributed by atoms with Crippen molar-refractivity contribution >= 4 is 21.6 Å². The van der Waals surface area contributed by atoms with Crippen molar-refractivity contribution < 1.29 is 18.1 Å². The molecule has 2 rings (SSSR count). The Balaban J connectivity index is 2.19. The number of hydrogen-bond acceptors (Lipinski definition) is 6. The number of rotatable bonds is 7. The second-order valence-electron chi connectivity index (χ2n) is 6.40. The second kappa shape index (κ2) is 8.81. The summed E-state index contributed by atoms with van der Waals surface area (Å²) in [6, 6.07) is 13.0. The molecule has 2 aromatic carbocycles. The van der Waals surface area contributed by atoms with Crippen LogP contribution in [0.3, 0.4) is 0 Å². The van der Waals surface area contributed by atoms with E-state index in [0.29, 0.717) is 5.56 Å². The summed E-state index contributed by atoms with van der Waals surface area (Å²) in [7, 11) is -1.29. The maximum absolute atomic E-state index is 12.8. The summed E-state index contributed by atoms with van der Waals surface area (Å²) in [6.07, 6.45) is 0. The molecule has 0 spiro atoms. The lowest BCUT2D eigenvalue weighted by molar-refractivity contribution is -0.384. The molecule has 0 bridgehead atoms. The Kier molecular flexibility index (Phi) is 6.68. The molecule has 2 aromatic rings. The van der Waals surface area contributed by atoms with Crippen molar-refractivity contribution in [1.82, 2.24) is 9.21 Å². The fourth-order valence-corrected chi connectivity index (χ4v) is 3.93. The van der Waals surface area contributed by atoms with E-state index in [4.69, 9.17) is 5.26 Å². The van der Waals surface area contributed by atoms with Gasteiger partial charge in [0.05, 0.1) is 28.0 Å². The highest BCUT2D eigenvalue weighted by Crippen LogP contribution is 2.24. The molecule has 9 nitrogen and oxygen atoms in total. The number of carbonyl (C=O) groups is 1. The van der Waals surface area contributed by atoms with Crippen molar-refractivity contribution in [1.29, 1.82) is 5.26 Å². The maximum atomic E-state index is 12.8. The van der Waals surface area contributed by atoms with Crippen molar-refractivity contribution in [2.75, 3.05) is 20.6 Å². The van der Waals surface area contributed by atoms with Gasteiger partial charge in [0.15, 0.2) is 0 Å². The van der Waals surface area contributed by atoms with E-state index in [-0.39, 0.29) is 16.1 Å². The molecular formula is C19H20N4O5S. The summed E-state index contributed by atoms with van der Waals surface area (Å²) in [5.74, 6) is -0.496. The molecule has 0 aliphatic rings. The number of sulfonamides is 1. The quantitative estimate of drug-likeness (QED) is 0.504. The molecule has 0 aliphatic heterocycles. The van der Waals surface area contributed by atoms with Crippen LogP contribution in [-0.4, -0.2) is 49.1 Å². The van der Waals surface area contributed by atoms with Gasteiger partial charge >= 0.3 is 0 Å². The summed E-state index contributed by atoms with van der Waals surface area (Å²) in [6.45, 7) is 1.24. The molecule has 0 saturated carbocycles. The second-order valence-corrected chi connectivity index (χ2v) is 8.42. The van der Waals surface area contributed by atoms with Gasteiger partial charge in [0, 0.05) is 26.2 Å². The van der Waals surface area contributed by atoms with E-state index >= 15 is 0 Å². The number of nitro benzene ring substituents is 1. The van der Waals surface area contributed by atoms with Gasteiger partial charge in [-0.25, -0.2) is 8.42 Å². The normalized spacial score (nSPS) is 12.2. The van der Waals surface area contributed by atoms with Gasteiger partial charge in [0.25, 0.3) is 5.69 Å². The lowest BCUT2D eigenvalue weighted by Gasteiger charge is -2.27. The number of benzene rings is 2. The first-order chi connectivity index (χ1) is 13.6. The Morgan fingerprint density at radius 3 is 2.48 bits per heavy atom. The predicted octanol–water partition coefficient (Wildman–Crippen LogP) is 2.31. The van der Waals surface area contributed by atoms with E-state index in [0.717, 1.165) is 4.31 Å². The van der Waals surface area contributed by atoms with E-state index in [1.54, 1.807) is 19.1 Å². The lowest BCUT2D eigenvalue weighted by atomic mass is 10.1. The fraction of sp³-hybridized carbons (Fsp3) is 0.263. The van der Waals surface area contributed by atoms with Crippen LogP contribution in [-0.2, 0) is 14.8 Å². The molecule has 0 fully saturated rings. The molecule has 1 amide bonds. The Hall–Kier alpha value is -3.29. The number of nitriles is 1. The molecular weight excluding hydrogens is 396 g/mol. The third kappa shape index (κ3) is 4.77. The summed E-state index contributed by atoms with van der Waals surface area (Å²) in [4.78, 5) is 24.2. The van der Waals surface area contributed by atoms with Gasteiger partial charge in [-0.15, -0.1) is 0 Å². The molecule has 152 valence electrons. The number of non-ortho nitro benzene ring substituents is 1. The molecule has 29 heavy (non-hydrogen) atoms. The number of carbonyl (C=O) groups excluding carboxylic acids is 1. The van der Waals surface area contributed by atoms with Crippen molar-refractivity contribution in [2.24, 2.45) is 0 Å². The number of nitro groups is 1.